The number of aromatic nitrogens is 1. The highest BCUT2D eigenvalue weighted by atomic mass is 16.3. The Balaban J connectivity index is 1.72. The van der Waals surface area contributed by atoms with Gasteiger partial charge in [0.15, 0.2) is 0 Å². The number of hydrazone groups is 2. The van der Waals surface area contributed by atoms with Gasteiger partial charge in [-0.25, -0.2) is 10.9 Å². The number of nitrogens with zero attached hydrogens (tertiary/aromatic N) is 3. The molecule has 0 aliphatic heterocycles. The fraction of sp³-hybridized carbons (Fsp3) is 0.105. The van der Waals surface area contributed by atoms with Crippen LogP contribution in [0.4, 0.5) is 0 Å². The molecule has 0 saturated carbocycles. The first kappa shape index (κ1) is 18.8. The molecule has 0 aliphatic carbocycles. The quantitative estimate of drug-likeness (QED) is 0.503. The highest BCUT2D eigenvalue weighted by Crippen LogP contribution is 2.13. The average Bonchev–Trinajstić information content (AvgIpc) is 3.35. The second kappa shape index (κ2) is 8.58. The lowest BCUT2D eigenvalue weighted by molar-refractivity contribution is 0.0954. The van der Waals surface area contributed by atoms with E-state index in [0.717, 1.165) is 0 Å². The van der Waals surface area contributed by atoms with E-state index in [-0.39, 0.29) is 11.1 Å². The van der Waals surface area contributed by atoms with Crippen molar-refractivity contribution in [3.63, 3.8) is 0 Å². The van der Waals surface area contributed by atoms with E-state index in [1.165, 1.54) is 31.0 Å². The van der Waals surface area contributed by atoms with Gasteiger partial charge in [0.05, 0.1) is 47.5 Å². The molecule has 28 heavy (non-hydrogen) atoms. The van der Waals surface area contributed by atoms with Crippen molar-refractivity contribution in [2.24, 2.45) is 10.2 Å². The number of rotatable bonds is 6. The lowest BCUT2D eigenvalue weighted by Gasteiger charge is -2.09. The molecule has 0 radical (unpaired) electrons. The van der Waals surface area contributed by atoms with Gasteiger partial charge >= 0.3 is 0 Å². The summed E-state index contributed by atoms with van der Waals surface area (Å²) >= 11 is 0. The van der Waals surface area contributed by atoms with Gasteiger partial charge in [-0.2, -0.15) is 10.2 Å². The molecule has 0 unspecified atom stereocenters. The van der Waals surface area contributed by atoms with Gasteiger partial charge in [0.25, 0.3) is 11.8 Å². The minimum Gasteiger partial charge on any atom is -0.463 e. The summed E-state index contributed by atoms with van der Waals surface area (Å²) in [7, 11) is 0. The average molecular weight is 379 g/mol. The Morgan fingerprint density at radius 1 is 0.893 bits per heavy atom. The summed E-state index contributed by atoms with van der Waals surface area (Å²) in [5.41, 5.74) is 6.16. The monoisotopic (exact) mass is 379 g/mol. The second-order valence-electron chi connectivity index (χ2n) is 5.68. The van der Waals surface area contributed by atoms with Crippen LogP contribution in [0.1, 0.15) is 43.6 Å². The van der Waals surface area contributed by atoms with Crippen molar-refractivity contribution >= 4 is 24.2 Å². The Morgan fingerprint density at radius 3 is 1.75 bits per heavy atom. The number of amides is 2. The lowest BCUT2D eigenvalue weighted by Crippen LogP contribution is -2.23. The van der Waals surface area contributed by atoms with E-state index < -0.39 is 11.8 Å². The summed E-state index contributed by atoms with van der Waals surface area (Å²) in [5.74, 6) is -0.0102. The zero-order valence-corrected chi connectivity index (χ0v) is 15.2. The lowest BCUT2D eigenvalue weighted by atomic mass is 10.1. The fourth-order valence-corrected chi connectivity index (χ4v) is 2.34. The van der Waals surface area contributed by atoms with Gasteiger partial charge in [-0.15, -0.1) is 0 Å². The maximum Gasteiger partial charge on any atom is 0.273 e. The molecule has 0 bridgehead atoms. The standard InChI is InChI=1S/C19H17N5O4/c1-12-16(18(25)23-20-10-14-5-3-7-27-14)9-17(13(2)22-12)19(26)24-21-11-15-6-4-8-28-15/h3-11H,1-2H3,(H,23,25)(H,24,26)/b20-10+,21-11+. The molecule has 142 valence electrons. The number of furan rings is 2. The van der Waals surface area contributed by atoms with Crippen LogP contribution in [0.2, 0.25) is 0 Å². The molecular formula is C19H17N5O4. The third-order valence-electron chi connectivity index (χ3n) is 3.70. The Kier molecular flexibility index (Phi) is 5.75. The van der Waals surface area contributed by atoms with E-state index in [2.05, 4.69) is 26.0 Å². The molecule has 0 saturated heterocycles. The maximum atomic E-state index is 12.4. The van der Waals surface area contributed by atoms with Gasteiger partial charge in [-0.05, 0) is 44.2 Å². The molecule has 2 amide bonds. The van der Waals surface area contributed by atoms with Gasteiger partial charge in [-0.1, -0.05) is 0 Å². The third kappa shape index (κ3) is 4.58. The predicted molar refractivity (Wildman–Crippen MR) is 101 cm³/mol. The zero-order chi connectivity index (χ0) is 19.9. The van der Waals surface area contributed by atoms with Crippen molar-refractivity contribution in [3.05, 3.63) is 76.9 Å². The highest BCUT2D eigenvalue weighted by molar-refractivity contribution is 6.01. The number of carbonyl (C=O) groups excluding carboxylic acids is 2. The van der Waals surface area contributed by atoms with Crippen LogP contribution >= 0.6 is 0 Å². The van der Waals surface area contributed by atoms with Crippen LogP contribution in [-0.4, -0.2) is 29.2 Å². The van der Waals surface area contributed by atoms with E-state index in [1.807, 2.05) is 0 Å². The molecule has 2 N–H and O–H groups in total. The molecule has 0 spiro atoms. The molecule has 3 aromatic heterocycles. The van der Waals surface area contributed by atoms with Crippen molar-refractivity contribution in [1.29, 1.82) is 0 Å². The van der Waals surface area contributed by atoms with Crippen molar-refractivity contribution < 1.29 is 18.4 Å². The van der Waals surface area contributed by atoms with Crippen LogP contribution in [0.3, 0.4) is 0 Å². The molecular weight excluding hydrogens is 362 g/mol. The van der Waals surface area contributed by atoms with E-state index in [0.29, 0.717) is 22.9 Å². The van der Waals surface area contributed by atoms with E-state index in [9.17, 15) is 9.59 Å². The number of pyridine rings is 1. The van der Waals surface area contributed by atoms with Gasteiger partial charge in [0.1, 0.15) is 11.5 Å². The SMILES string of the molecule is Cc1nc(C)c(C(=O)N/N=C/c2ccco2)cc1C(=O)N/N=C/c1ccco1. The van der Waals surface area contributed by atoms with E-state index in [1.54, 1.807) is 38.1 Å². The normalized spacial score (nSPS) is 11.2. The summed E-state index contributed by atoms with van der Waals surface area (Å²) in [6.07, 6.45) is 5.73. The molecule has 9 nitrogen and oxygen atoms in total. The zero-order valence-electron chi connectivity index (χ0n) is 15.2. The first-order chi connectivity index (χ1) is 13.5. The summed E-state index contributed by atoms with van der Waals surface area (Å²) in [6, 6.07) is 8.25. The molecule has 3 rings (SSSR count). The van der Waals surface area contributed by atoms with Crippen LogP contribution in [0.25, 0.3) is 0 Å². The Hall–Kier alpha value is -4.01. The summed E-state index contributed by atoms with van der Waals surface area (Å²) in [4.78, 5) is 29.0. The molecule has 0 atom stereocenters. The molecule has 3 aromatic rings. The minimum absolute atomic E-state index is 0.224. The Labute approximate surface area is 160 Å². The van der Waals surface area contributed by atoms with Crippen molar-refractivity contribution in [2.75, 3.05) is 0 Å². The topological polar surface area (TPSA) is 122 Å². The first-order valence-electron chi connectivity index (χ1n) is 8.26. The van der Waals surface area contributed by atoms with E-state index in [4.69, 9.17) is 8.83 Å². The summed E-state index contributed by atoms with van der Waals surface area (Å²) < 4.78 is 10.2. The van der Waals surface area contributed by atoms with Gasteiger partial charge in [-0.3, -0.25) is 14.6 Å². The Morgan fingerprint density at radius 2 is 1.36 bits per heavy atom. The first-order valence-corrected chi connectivity index (χ1v) is 8.26. The van der Waals surface area contributed by atoms with Crippen LogP contribution in [0, 0.1) is 13.8 Å². The van der Waals surface area contributed by atoms with Crippen molar-refractivity contribution in [3.8, 4) is 0 Å². The maximum absolute atomic E-state index is 12.4. The van der Waals surface area contributed by atoms with Gasteiger partial charge < -0.3 is 8.83 Å². The molecule has 3 heterocycles. The number of hydrogen-bond donors (Lipinski definition) is 2. The smallest absolute Gasteiger partial charge is 0.273 e. The largest absolute Gasteiger partial charge is 0.463 e. The second-order valence-corrected chi connectivity index (χ2v) is 5.68. The predicted octanol–water partition coefficient (Wildman–Crippen LogP) is 2.41. The number of hydrogen-bond acceptors (Lipinski definition) is 7. The fourth-order valence-electron chi connectivity index (χ4n) is 2.34. The van der Waals surface area contributed by atoms with Crippen molar-refractivity contribution in [1.82, 2.24) is 15.8 Å². The van der Waals surface area contributed by atoms with Gasteiger partial charge in [0, 0.05) is 0 Å². The number of carbonyl (C=O) groups is 2. The van der Waals surface area contributed by atoms with Crippen LogP contribution in [0.5, 0.6) is 0 Å². The van der Waals surface area contributed by atoms with Crippen molar-refractivity contribution in [2.45, 2.75) is 13.8 Å². The summed E-state index contributed by atoms with van der Waals surface area (Å²) in [5, 5.41) is 7.65. The minimum atomic E-state index is -0.499. The van der Waals surface area contributed by atoms with Gasteiger partial charge in [0.2, 0.25) is 0 Å². The third-order valence-corrected chi connectivity index (χ3v) is 3.70. The molecule has 0 fully saturated rings. The van der Waals surface area contributed by atoms with Crippen LogP contribution < -0.4 is 10.9 Å². The number of aryl methyl sites for hydroxylation is 2. The number of nitrogens with one attached hydrogen (secondary N) is 2. The van der Waals surface area contributed by atoms with Crippen LogP contribution in [-0.2, 0) is 0 Å². The Bertz CT molecular complexity index is 942. The summed E-state index contributed by atoms with van der Waals surface area (Å²) in [6.45, 7) is 3.35. The molecule has 0 aliphatic rings. The molecule has 9 heteroatoms. The molecule has 0 aromatic carbocycles. The van der Waals surface area contributed by atoms with Crippen LogP contribution in [0.15, 0.2) is 61.9 Å². The van der Waals surface area contributed by atoms with E-state index >= 15 is 0 Å². The highest BCUT2D eigenvalue weighted by Gasteiger charge is 2.17.